The van der Waals surface area contributed by atoms with Crippen LogP contribution in [0.1, 0.15) is 127 Å². The number of hydrogen-bond donors (Lipinski definition) is 0. The van der Waals surface area contributed by atoms with Crippen molar-refractivity contribution < 1.29 is 19.1 Å². The zero-order valence-electron chi connectivity index (χ0n) is 25.3. The SMILES string of the molecule is CC(=O)OC[C@@]1(CCC(=O)C(C)C)CC[C@]2(C)C(CCC3[C@@]4(C)CC[C@H](C)C(C)(C)C4CC[C@]32C)C1=O. The second-order valence-corrected chi connectivity index (χ2v) is 15.4. The van der Waals surface area contributed by atoms with Gasteiger partial charge in [0, 0.05) is 25.2 Å². The number of hydrogen-bond acceptors (Lipinski definition) is 4. The molecule has 0 spiro atoms. The van der Waals surface area contributed by atoms with Crippen LogP contribution >= 0.6 is 0 Å². The highest BCUT2D eigenvalue weighted by Crippen LogP contribution is 2.74. The average Bonchev–Trinajstić information content (AvgIpc) is 2.81. The topological polar surface area (TPSA) is 60.4 Å². The number of carbonyl (C=O) groups is 3. The molecule has 0 aromatic rings. The van der Waals surface area contributed by atoms with Crippen molar-refractivity contribution in [2.75, 3.05) is 6.61 Å². The first-order valence-electron chi connectivity index (χ1n) is 15.3. The van der Waals surface area contributed by atoms with Gasteiger partial charge in [0.25, 0.3) is 0 Å². The maximum Gasteiger partial charge on any atom is 0.302 e. The van der Waals surface area contributed by atoms with Gasteiger partial charge in [-0.3, -0.25) is 14.4 Å². The molecule has 37 heavy (non-hydrogen) atoms. The summed E-state index contributed by atoms with van der Waals surface area (Å²) in [6, 6.07) is 0. The molecule has 4 saturated carbocycles. The molecule has 0 aromatic heterocycles. The van der Waals surface area contributed by atoms with Gasteiger partial charge in [-0.15, -0.1) is 0 Å². The van der Waals surface area contributed by atoms with Crippen LogP contribution in [-0.4, -0.2) is 24.1 Å². The van der Waals surface area contributed by atoms with Gasteiger partial charge >= 0.3 is 5.97 Å². The fraction of sp³-hybridized carbons (Fsp3) is 0.909. The summed E-state index contributed by atoms with van der Waals surface area (Å²) in [4.78, 5) is 38.9. The molecule has 0 N–H and O–H groups in total. The van der Waals surface area contributed by atoms with Crippen molar-refractivity contribution in [1.82, 2.24) is 0 Å². The lowest BCUT2D eigenvalue weighted by Gasteiger charge is -2.71. The molecule has 4 aliphatic carbocycles. The van der Waals surface area contributed by atoms with Crippen LogP contribution in [0.2, 0.25) is 0 Å². The molecule has 4 heteroatoms. The van der Waals surface area contributed by atoms with E-state index in [-0.39, 0.29) is 46.8 Å². The molecule has 0 bridgehead atoms. The maximum atomic E-state index is 14.5. The summed E-state index contributed by atoms with van der Waals surface area (Å²) in [5, 5.41) is 0. The van der Waals surface area contributed by atoms with Crippen molar-refractivity contribution in [3.05, 3.63) is 0 Å². The molecule has 4 fully saturated rings. The molecule has 0 saturated heterocycles. The van der Waals surface area contributed by atoms with E-state index in [9.17, 15) is 14.4 Å². The van der Waals surface area contributed by atoms with Gasteiger partial charge in [0.1, 0.15) is 18.2 Å². The van der Waals surface area contributed by atoms with E-state index in [0.717, 1.165) is 37.5 Å². The Bertz CT molecular complexity index is 935. The third-order valence-corrected chi connectivity index (χ3v) is 13.4. The Hall–Kier alpha value is -1.19. The van der Waals surface area contributed by atoms with Gasteiger partial charge in [0.15, 0.2) is 0 Å². The fourth-order valence-corrected chi connectivity index (χ4v) is 10.3. The number of ether oxygens (including phenoxy) is 1. The van der Waals surface area contributed by atoms with Gasteiger partial charge in [-0.25, -0.2) is 0 Å². The summed E-state index contributed by atoms with van der Waals surface area (Å²) < 4.78 is 5.54. The summed E-state index contributed by atoms with van der Waals surface area (Å²) in [6.45, 7) is 20.4. The molecule has 0 radical (unpaired) electrons. The number of ketones is 2. The van der Waals surface area contributed by atoms with Gasteiger partial charge in [0.2, 0.25) is 0 Å². The minimum Gasteiger partial charge on any atom is -0.465 e. The summed E-state index contributed by atoms with van der Waals surface area (Å²) in [5.74, 6) is 2.23. The molecule has 3 unspecified atom stereocenters. The standard InChI is InChI=1S/C33H54O4/c1-21(2)25(35)13-17-33(20-37-23(4)34)19-18-31(8)24(28(33)36)10-11-27-30(7)15-12-22(3)29(5,6)26(30)14-16-32(27,31)9/h21-22,24,26-27H,10-20H2,1-9H3/t22-,24?,26?,27?,30-,31+,32+,33+/m0/s1. The normalized spacial score (nSPS) is 45.0. The number of carbonyl (C=O) groups excluding carboxylic acids is 3. The second-order valence-electron chi connectivity index (χ2n) is 15.4. The lowest BCUT2D eigenvalue weighted by molar-refractivity contribution is -0.227. The Kier molecular flexibility index (Phi) is 7.38. The minimum atomic E-state index is -0.715. The predicted octanol–water partition coefficient (Wildman–Crippen LogP) is 7.82. The Morgan fingerprint density at radius 2 is 1.57 bits per heavy atom. The van der Waals surface area contributed by atoms with Gasteiger partial charge in [0.05, 0.1) is 5.41 Å². The second kappa shape index (κ2) is 9.47. The van der Waals surface area contributed by atoms with Crippen LogP contribution in [0.25, 0.3) is 0 Å². The average molecular weight is 515 g/mol. The minimum absolute atomic E-state index is 0.0112. The van der Waals surface area contributed by atoms with Crippen molar-refractivity contribution in [2.45, 2.75) is 127 Å². The fourth-order valence-electron chi connectivity index (χ4n) is 10.3. The van der Waals surface area contributed by atoms with E-state index in [1.807, 2.05) is 13.8 Å². The predicted molar refractivity (Wildman–Crippen MR) is 148 cm³/mol. The highest BCUT2D eigenvalue weighted by molar-refractivity contribution is 5.90. The quantitative estimate of drug-likeness (QED) is 0.339. The third-order valence-electron chi connectivity index (χ3n) is 13.4. The number of Topliss-reactive ketones (excluding diaryl/α,β-unsaturated/α-hetero) is 2. The lowest BCUT2D eigenvalue weighted by atomic mass is 9.33. The van der Waals surface area contributed by atoms with Crippen LogP contribution in [-0.2, 0) is 19.1 Å². The molecule has 4 aliphatic rings. The van der Waals surface area contributed by atoms with Crippen molar-refractivity contribution in [1.29, 1.82) is 0 Å². The van der Waals surface area contributed by atoms with E-state index in [2.05, 4.69) is 41.5 Å². The molecule has 0 aromatic carbocycles. The van der Waals surface area contributed by atoms with Crippen LogP contribution in [0.5, 0.6) is 0 Å². The highest BCUT2D eigenvalue weighted by atomic mass is 16.5. The molecule has 8 atom stereocenters. The summed E-state index contributed by atoms with van der Waals surface area (Å²) in [5.41, 5.74) is 0.0599. The van der Waals surface area contributed by atoms with Crippen molar-refractivity contribution in [3.63, 3.8) is 0 Å². The molecular formula is C33H54O4. The van der Waals surface area contributed by atoms with Crippen LogP contribution in [0.4, 0.5) is 0 Å². The van der Waals surface area contributed by atoms with E-state index in [0.29, 0.717) is 29.6 Å². The van der Waals surface area contributed by atoms with Gasteiger partial charge in [-0.05, 0) is 97.2 Å². The van der Waals surface area contributed by atoms with Gasteiger partial charge in [-0.2, -0.15) is 0 Å². The Morgan fingerprint density at radius 1 is 0.892 bits per heavy atom. The van der Waals surface area contributed by atoms with E-state index in [4.69, 9.17) is 4.74 Å². The van der Waals surface area contributed by atoms with Crippen LogP contribution in [0, 0.1) is 56.7 Å². The molecule has 4 rings (SSSR count). The Balaban J connectivity index is 1.65. The lowest BCUT2D eigenvalue weighted by Crippen LogP contribution is -2.66. The van der Waals surface area contributed by atoms with E-state index in [1.54, 1.807) is 0 Å². The van der Waals surface area contributed by atoms with E-state index < -0.39 is 5.41 Å². The van der Waals surface area contributed by atoms with Gasteiger partial charge < -0.3 is 4.74 Å². The van der Waals surface area contributed by atoms with Crippen LogP contribution < -0.4 is 0 Å². The molecule has 0 amide bonds. The van der Waals surface area contributed by atoms with Crippen LogP contribution in [0.3, 0.4) is 0 Å². The maximum absolute atomic E-state index is 14.5. The summed E-state index contributed by atoms with van der Waals surface area (Å²) in [7, 11) is 0. The number of esters is 1. The van der Waals surface area contributed by atoms with Crippen LogP contribution in [0.15, 0.2) is 0 Å². The van der Waals surface area contributed by atoms with Crippen molar-refractivity contribution in [2.24, 2.45) is 56.7 Å². The molecule has 0 aliphatic heterocycles. The summed E-state index contributed by atoms with van der Waals surface area (Å²) >= 11 is 0. The van der Waals surface area contributed by atoms with Crippen molar-refractivity contribution in [3.8, 4) is 0 Å². The number of fused-ring (bicyclic) bond motifs is 5. The first-order valence-corrected chi connectivity index (χ1v) is 15.3. The zero-order chi connectivity index (χ0) is 27.6. The largest absolute Gasteiger partial charge is 0.465 e. The molecule has 210 valence electrons. The first kappa shape index (κ1) is 28.8. The zero-order valence-corrected chi connectivity index (χ0v) is 25.3. The van der Waals surface area contributed by atoms with Gasteiger partial charge in [-0.1, -0.05) is 55.4 Å². The van der Waals surface area contributed by atoms with Crippen molar-refractivity contribution >= 4 is 17.5 Å². The molecular weight excluding hydrogens is 460 g/mol. The Morgan fingerprint density at radius 3 is 2.19 bits per heavy atom. The number of rotatable bonds is 6. The van der Waals surface area contributed by atoms with E-state index >= 15 is 0 Å². The van der Waals surface area contributed by atoms with E-state index in [1.165, 1.54) is 32.6 Å². The Labute approximate surface area is 226 Å². The smallest absolute Gasteiger partial charge is 0.302 e. The summed E-state index contributed by atoms with van der Waals surface area (Å²) in [6.07, 6.45) is 9.75. The first-order chi connectivity index (χ1) is 17.0. The molecule has 0 heterocycles. The highest BCUT2D eigenvalue weighted by Gasteiger charge is 2.69. The molecule has 4 nitrogen and oxygen atoms in total. The monoisotopic (exact) mass is 514 g/mol. The third kappa shape index (κ3) is 4.26.